The highest BCUT2D eigenvalue weighted by Gasteiger charge is 2.42. The number of alkyl carbamates (subject to hydrolysis) is 1. The Morgan fingerprint density at radius 2 is 1.71 bits per heavy atom. The van der Waals surface area contributed by atoms with Crippen LogP contribution >= 0.6 is 0 Å². The fourth-order valence-electron chi connectivity index (χ4n) is 5.28. The van der Waals surface area contributed by atoms with Crippen molar-refractivity contribution in [2.45, 2.75) is 84.0 Å². The highest BCUT2D eigenvalue weighted by molar-refractivity contribution is 6.00. The lowest BCUT2D eigenvalue weighted by Gasteiger charge is -2.44. The van der Waals surface area contributed by atoms with Crippen LogP contribution in [-0.4, -0.2) is 40.5 Å². The average Bonchev–Trinajstić information content (AvgIpc) is 2.89. The summed E-state index contributed by atoms with van der Waals surface area (Å²) in [6.45, 7) is 13.3. The molecule has 2 N–H and O–H groups in total. The molecule has 1 aliphatic carbocycles. The molecule has 0 bridgehead atoms. The van der Waals surface area contributed by atoms with Gasteiger partial charge in [0.05, 0.1) is 0 Å². The van der Waals surface area contributed by atoms with E-state index in [1.807, 2.05) is 80.6 Å². The maximum Gasteiger partial charge on any atom is 0.408 e. The SMILES string of the molecule is C=Cc1cccc(C(C(=O)Nc2ccc3ccccc3c2)N(C(=O)C(CC(C)C)NC(=O)OC(C)(C)C)C2CCC2)c1. The Labute approximate surface area is 249 Å². The van der Waals surface area contributed by atoms with Crippen LogP contribution in [0.3, 0.4) is 0 Å². The number of carbonyl (C=O) groups is 3. The van der Waals surface area contributed by atoms with Crippen molar-refractivity contribution in [1.29, 1.82) is 0 Å². The maximum atomic E-state index is 14.5. The molecule has 0 heterocycles. The number of nitrogens with one attached hydrogen (secondary N) is 2. The van der Waals surface area contributed by atoms with Gasteiger partial charge < -0.3 is 20.3 Å². The van der Waals surface area contributed by atoms with Crippen LogP contribution in [0.2, 0.25) is 0 Å². The number of rotatable bonds is 10. The second kappa shape index (κ2) is 13.2. The molecule has 2 unspecified atom stereocenters. The van der Waals surface area contributed by atoms with Gasteiger partial charge in [-0.25, -0.2) is 4.79 Å². The first-order valence-electron chi connectivity index (χ1n) is 14.8. The number of anilines is 1. The lowest BCUT2D eigenvalue weighted by molar-refractivity contribution is -0.146. The third kappa shape index (κ3) is 7.78. The fraction of sp³-hybridized carbons (Fsp3) is 0.400. The number of hydrogen-bond acceptors (Lipinski definition) is 4. The van der Waals surface area contributed by atoms with E-state index in [2.05, 4.69) is 17.2 Å². The van der Waals surface area contributed by atoms with E-state index in [0.717, 1.165) is 35.6 Å². The molecule has 1 fully saturated rings. The first-order valence-corrected chi connectivity index (χ1v) is 14.8. The molecule has 1 saturated carbocycles. The van der Waals surface area contributed by atoms with Crippen molar-refractivity contribution in [3.05, 3.63) is 84.4 Å². The van der Waals surface area contributed by atoms with E-state index < -0.39 is 23.8 Å². The van der Waals surface area contributed by atoms with Crippen LogP contribution in [0, 0.1) is 5.92 Å². The monoisotopic (exact) mass is 569 g/mol. The van der Waals surface area contributed by atoms with Crippen molar-refractivity contribution < 1.29 is 19.1 Å². The van der Waals surface area contributed by atoms with Crippen LogP contribution in [0.15, 0.2) is 73.3 Å². The fourth-order valence-corrected chi connectivity index (χ4v) is 5.28. The number of benzene rings is 3. The summed E-state index contributed by atoms with van der Waals surface area (Å²) in [6.07, 6.45) is 4.02. The first-order chi connectivity index (χ1) is 19.9. The predicted molar refractivity (Wildman–Crippen MR) is 169 cm³/mol. The van der Waals surface area contributed by atoms with Crippen molar-refractivity contribution >= 4 is 40.4 Å². The minimum atomic E-state index is -0.913. The van der Waals surface area contributed by atoms with Crippen LogP contribution in [0.25, 0.3) is 16.8 Å². The van der Waals surface area contributed by atoms with Gasteiger partial charge in [-0.15, -0.1) is 0 Å². The molecule has 0 saturated heterocycles. The van der Waals surface area contributed by atoms with Gasteiger partial charge in [0.1, 0.15) is 17.7 Å². The van der Waals surface area contributed by atoms with Gasteiger partial charge in [0.2, 0.25) is 5.91 Å². The Hall–Kier alpha value is -4.13. The minimum Gasteiger partial charge on any atom is -0.444 e. The van der Waals surface area contributed by atoms with Crippen molar-refractivity contribution in [1.82, 2.24) is 10.2 Å². The van der Waals surface area contributed by atoms with E-state index in [-0.39, 0.29) is 23.8 Å². The maximum absolute atomic E-state index is 14.5. The standard InChI is InChI=1S/C35H43N3O4/c1-7-24-12-10-15-27(21-24)31(32(39)36-28-19-18-25-13-8-9-14-26(25)22-28)38(29-16-11-17-29)33(40)30(20-23(2)3)37-34(41)42-35(4,5)6/h7-10,12-15,18-19,21-23,29-31H,1,11,16-17,20H2,2-6H3,(H,36,39)(H,37,41). The summed E-state index contributed by atoms with van der Waals surface area (Å²) in [4.78, 5) is 43.3. The molecule has 42 heavy (non-hydrogen) atoms. The molecule has 222 valence electrons. The zero-order valence-electron chi connectivity index (χ0n) is 25.4. The Kier molecular flexibility index (Phi) is 9.71. The molecule has 0 aliphatic heterocycles. The summed E-state index contributed by atoms with van der Waals surface area (Å²) in [5.41, 5.74) is 1.47. The lowest BCUT2D eigenvalue weighted by atomic mass is 9.87. The summed E-state index contributed by atoms with van der Waals surface area (Å²) >= 11 is 0. The second-order valence-corrected chi connectivity index (χ2v) is 12.5. The zero-order chi connectivity index (χ0) is 30.4. The molecule has 7 nitrogen and oxygen atoms in total. The Morgan fingerprint density at radius 1 is 1.00 bits per heavy atom. The molecule has 2 atom stereocenters. The minimum absolute atomic E-state index is 0.117. The van der Waals surface area contributed by atoms with Gasteiger partial charge >= 0.3 is 6.09 Å². The molecule has 7 heteroatoms. The normalized spacial score (nSPS) is 14.9. The predicted octanol–water partition coefficient (Wildman–Crippen LogP) is 7.48. The van der Waals surface area contributed by atoms with E-state index in [1.54, 1.807) is 31.7 Å². The highest BCUT2D eigenvalue weighted by Crippen LogP contribution is 2.35. The van der Waals surface area contributed by atoms with E-state index in [0.29, 0.717) is 17.7 Å². The van der Waals surface area contributed by atoms with Gasteiger partial charge in [0.25, 0.3) is 5.91 Å². The van der Waals surface area contributed by atoms with Crippen molar-refractivity contribution in [2.75, 3.05) is 5.32 Å². The van der Waals surface area contributed by atoms with Gasteiger partial charge in [0, 0.05) is 11.7 Å². The summed E-state index contributed by atoms with van der Waals surface area (Å²) in [5.74, 6) is -0.486. The van der Waals surface area contributed by atoms with Gasteiger partial charge in [-0.1, -0.05) is 75.0 Å². The topological polar surface area (TPSA) is 87.7 Å². The highest BCUT2D eigenvalue weighted by atomic mass is 16.6. The number of amides is 3. The van der Waals surface area contributed by atoms with Crippen molar-refractivity contribution in [2.24, 2.45) is 5.92 Å². The van der Waals surface area contributed by atoms with E-state index >= 15 is 0 Å². The summed E-state index contributed by atoms with van der Waals surface area (Å²) < 4.78 is 5.51. The Balaban J connectivity index is 1.74. The molecule has 0 radical (unpaired) electrons. The van der Waals surface area contributed by atoms with Crippen LogP contribution < -0.4 is 10.6 Å². The molecular weight excluding hydrogens is 526 g/mol. The number of hydrogen-bond donors (Lipinski definition) is 2. The number of ether oxygens (including phenoxy) is 1. The summed E-state index contributed by atoms with van der Waals surface area (Å²) in [7, 11) is 0. The van der Waals surface area contributed by atoms with Crippen LogP contribution in [0.1, 0.15) is 77.5 Å². The summed E-state index contributed by atoms with van der Waals surface area (Å²) in [6, 6.07) is 19.4. The van der Waals surface area contributed by atoms with Crippen LogP contribution in [0.4, 0.5) is 10.5 Å². The Morgan fingerprint density at radius 3 is 2.33 bits per heavy atom. The third-order valence-electron chi connectivity index (χ3n) is 7.42. The number of nitrogens with zero attached hydrogens (tertiary/aromatic N) is 1. The summed E-state index contributed by atoms with van der Waals surface area (Å²) in [5, 5.41) is 7.99. The van der Waals surface area contributed by atoms with Gasteiger partial charge in [-0.05, 0) is 92.5 Å². The smallest absolute Gasteiger partial charge is 0.408 e. The molecule has 4 rings (SSSR count). The number of carbonyl (C=O) groups excluding carboxylic acids is 3. The average molecular weight is 570 g/mol. The van der Waals surface area contributed by atoms with Crippen LogP contribution in [-0.2, 0) is 14.3 Å². The molecular formula is C35H43N3O4. The second-order valence-electron chi connectivity index (χ2n) is 12.5. The molecule has 3 aromatic rings. The largest absolute Gasteiger partial charge is 0.444 e. The molecule has 0 spiro atoms. The molecule has 3 amide bonds. The van der Waals surface area contributed by atoms with Crippen molar-refractivity contribution in [3.63, 3.8) is 0 Å². The van der Waals surface area contributed by atoms with Gasteiger partial charge in [0.15, 0.2) is 0 Å². The lowest BCUT2D eigenvalue weighted by Crippen LogP contribution is -2.57. The molecule has 1 aliphatic rings. The number of fused-ring (bicyclic) bond motifs is 1. The van der Waals surface area contributed by atoms with Gasteiger partial charge in [-0.2, -0.15) is 0 Å². The molecule has 3 aromatic carbocycles. The van der Waals surface area contributed by atoms with Crippen molar-refractivity contribution in [3.8, 4) is 0 Å². The van der Waals surface area contributed by atoms with Gasteiger partial charge in [-0.3, -0.25) is 9.59 Å². The third-order valence-corrected chi connectivity index (χ3v) is 7.42. The van der Waals surface area contributed by atoms with E-state index in [9.17, 15) is 14.4 Å². The quantitative estimate of drug-likeness (QED) is 0.265. The van der Waals surface area contributed by atoms with E-state index in [1.165, 1.54) is 0 Å². The Bertz CT molecular complexity index is 1440. The first kappa shape index (κ1) is 30.8. The molecule has 0 aromatic heterocycles. The van der Waals surface area contributed by atoms with E-state index in [4.69, 9.17) is 4.74 Å². The van der Waals surface area contributed by atoms with Crippen LogP contribution in [0.5, 0.6) is 0 Å². The zero-order valence-corrected chi connectivity index (χ0v) is 25.4.